The number of carboxylic acid groups (broad SMARTS) is 1. The number of aromatic amines is 1. The lowest BCUT2D eigenvalue weighted by atomic mass is 10.0. The Bertz CT molecular complexity index is 1070. The highest BCUT2D eigenvalue weighted by atomic mass is 32.1. The van der Waals surface area contributed by atoms with Crippen molar-refractivity contribution in [2.45, 2.75) is 63.9 Å². The Morgan fingerprint density at radius 2 is 1.56 bits per heavy atom. The Kier molecular flexibility index (Phi) is 10.8. The molecule has 0 saturated heterocycles. The Morgan fingerprint density at radius 1 is 0.972 bits per heavy atom. The average molecular weight is 522 g/mol. The number of H-pyrrole nitrogens is 1. The van der Waals surface area contributed by atoms with Gasteiger partial charge in [0, 0.05) is 29.3 Å². The monoisotopic (exact) mass is 521 g/mol. The average Bonchev–Trinajstić information content (AvgIpc) is 3.23. The second-order valence-corrected chi connectivity index (χ2v) is 9.53. The van der Waals surface area contributed by atoms with E-state index in [-0.39, 0.29) is 24.5 Å². The number of hydrogen-bond donors (Lipinski definition) is 8. The van der Waals surface area contributed by atoms with Crippen molar-refractivity contribution in [3.63, 3.8) is 0 Å². The molecule has 5 unspecified atom stereocenters. The van der Waals surface area contributed by atoms with Gasteiger partial charge in [0.1, 0.15) is 24.2 Å². The minimum Gasteiger partial charge on any atom is -0.480 e. The van der Waals surface area contributed by atoms with Gasteiger partial charge >= 0.3 is 5.97 Å². The van der Waals surface area contributed by atoms with Crippen molar-refractivity contribution in [1.82, 2.24) is 20.9 Å². The van der Waals surface area contributed by atoms with Crippen molar-refractivity contribution in [2.75, 3.05) is 5.75 Å². The lowest BCUT2D eigenvalue weighted by molar-refractivity contribution is -0.142. The normalized spacial score (nSPS) is 15.5. The molecular weight excluding hydrogens is 486 g/mol. The fourth-order valence-corrected chi connectivity index (χ4v) is 3.91. The zero-order chi connectivity index (χ0) is 27.0. The van der Waals surface area contributed by atoms with Crippen LogP contribution in [0.15, 0.2) is 30.5 Å². The number of amides is 3. The molecule has 0 saturated carbocycles. The number of aliphatic carboxylic acids is 1. The number of rotatable bonds is 13. The summed E-state index contributed by atoms with van der Waals surface area (Å²) in [5, 5.41) is 27.5. The van der Waals surface area contributed by atoms with Crippen LogP contribution in [-0.2, 0) is 25.6 Å². The fraction of sp³-hybridized carbons (Fsp3) is 0.500. The second-order valence-electron chi connectivity index (χ2n) is 9.16. The highest BCUT2D eigenvalue weighted by Crippen LogP contribution is 2.19. The molecule has 5 atom stereocenters. The lowest BCUT2D eigenvalue weighted by Gasteiger charge is -2.25. The van der Waals surface area contributed by atoms with Crippen LogP contribution in [-0.4, -0.2) is 74.9 Å². The molecule has 0 aliphatic heterocycles. The van der Waals surface area contributed by atoms with Crippen molar-refractivity contribution in [3.8, 4) is 0 Å². The predicted molar refractivity (Wildman–Crippen MR) is 138 cm³/mol. The SMILES string of the molecule is CC(C)CC(NC(=O)C(CS)NC(=O)C(Cc1c[nH]c2ccccc12)NC(=O)C(N)C(C)O)C(=O)O. The molecule has 2 aromatic rings. The number of fused-ring (bicyclic) bond motifs is 1. The summed E-state index contributed by atoms with van der Waals surface area (Å²) >= 11 is 4.14. The molecular formula is C24H35N5O6S. The van der Waals surface area contributed by atoms with E-state index in [2.05, 4.69) is 33.6 Å². The first-order chi connectivity index (χ1) is 16.9. The molecule has 0 aliphatic rings. The Hall–Kier alpha value is -3.09. The van der Waals surface area contributed by atoms with E-state index in [0.29, 0.717) is 0 Å². The van der Waals surface area contributed by atoms with Gasteiger partial charge in [0.2, 0.25) is 17.7 Å². The Labute approximate surface area is 215 Å². The number of benzene rings is 1. The molecule has 198 valence electrons. The number of para-hydroxylation sites is 1. The molecule has 1 heterocycles. The van der Waals surface area contributed by atoms with Crippen LogP contribution >= 0.6 is 12.6 Å². The van der Waals surface area contributed by atoms with Crippen LogP contribution in [0.2, 0.25) is 0 Å². The predicted octanol–water partition coefficient (Wildman–Crippen LogP) is -0.0666. The molecule has 0 fully saturated rings. The van der Waals surface area contributed by atoms with Gasteiger partial charge in [-0.3, -0.25) is 14.4 Å². The number of aliphatic hydroxyl groups excluding tert-OH is 1. The third kappa shape index (κ3) is 7.97. The summed E-state index contributed by atoms with van der Waals surface area (Å²) in [5.41, 5.74) is 7.32. The molecule has 36 heavy (non-hydrogen) atoms. The number of nitrogens with two attached hydrogens (primary N) is 1. The van der Waals surface area contributed by atoms with Crippen LogP contribution in [0, 0.1) is 5.92 Å². The van der Waals surface area contributed by atoms with Crippen LogP contribution in [0.5, 0.6) is 0 Å². The maximum Gasteiger partial charge on any atom is 0.326 e. The molecule has 3 amide bonds. The van der Waals surface area contributed by atoms with E-state index in [1.165, 1.54) is 6.92 Å². The van der Waals surface area contributed by atoms with Gasteiger partial charge in [-0.25, -0.2) is 4.79 Å². The van der Waals surface area contributed by atoms with Gasteiger partial charge in [0.15, 0.2) is 0 Å². The van der Waals surface area contributed by atoms with Gasteiger partial charge in [-0.1, -0.05) is 32.0 Å². The van der Waals surface area contributed by atoms with Crippen LogP contribution in [0.4, 0.5) is 0 Å². The van der Waals surface area contributed by atoms with E-state index in [1.807, 2.05) is 38.1 Å². The smallest absolute Gasteiger partial charge is 0.326 e. The number of carbonyl (C=O) groups excluding carboxylic acids is 3. The number of nitrogens with one attached hydrogen (secondary N) is 4. The first-order valence-corrected chi connectivity index (χ1v) is 12.3. The van der Waals surface area contributed by atoms with Crippen LogP contribution in [0.25, 0.3) is 10.9 Å². The van der Waals surface area contributed by atoms with Crippen LogP contribution in [0.1, 0.15) is 32.8 Å². The van der Waals surface area contributed by atoms with Gasteiger partial charge in [-0.05, 0) is 30.9 Å². The summed E-state index contributed by atoms with van der Waals surface area (Å²) in [6, 6.07) is 2.76. The molecule has 8 N–H and O–H groups in total. The quantitative estimate of drug-likeness (QED) is 0.169. The van der Waals surface area contributed by atoms with Gasteiger partial charge < -0.3 is 36.9 Å². The van der Waals surface area contributed by atoms with Crippen molar-refractivity contribution >= 4 is 47.2 Å². The van der Waals surface area contributed by atoms with E-state index in [9.17, 15) is 29.4 Å². The first-order valence-electron chi connectivity index (χ1n) is 11.7. The summed E-state index contributed by atoms with van der Waals surface area (Å²) in [5.74, 6) is -3.39. The lowest BCUT2D eigenvalue weighted by Crippen LogP contribution is -2.59. The summed E-state index contributed by atoms with van der Waals surface area (Å²) in [6.45, 7) is 5.02. The minimum absolute atomic E-state index is 0.0179. The molecule has 0 aliphatic carbocycles. The molecule has 0 spiro atoms. The highest BCUT2D eigenvalue weighted by molar-refractivity contribution is 7.80. The molecule has 12 heteroatoms. The van der Waals surface area contributed by atoms with Gasteiger partial charge in [-0.15, -0.1) is 0 Å². The summed E-state index contributed by atoms with van der Waals surface area (Å²) < 4.78 is 0. The maximum absolute atomic E-state index is 13.2. The number of carboxylic acids is 1. The minimum atomic E-state index is -1.26. The number of hydrogen-bond acceptors (Lipinski definition) is 7. The highest BCUT2D eigenvalue weighted by Gasteiger charge is 2.31. The summed E-state index contributed by atoms with van der Waals surface area (Å²) in [7, 11) is 0. The Morgan fingerprint density at radius 3 is 2.14 bits per heavy atom. The molecule has 2 rings (SSSR count). The third-order valence-electron chi connectivity index (χ3n) is 5.69. The third-order valence-corrected chi connectivity index (χ3v) is 6.06. The molecule has 0 radical (unpaired) electrons. The second kappa shape index (κ2) is 13.3. The van der Waals surface area contributed by atoms with Crippen molar-refractivity contribution in [2.24, 2.45) is 11.7 Å². The molecule has 11 nitrogen and oxygen atoms in total. The van der Waals surface area contributed by atoms with E-state index in [1.54, 1.807) is 6.20 Å². The largest absolute Gasteiger partial charge is 0.480 e. The van der Waals surface area contributed by atoms with E-state index in [0.717, 1.165) is 16.5 Å². The zero-order valence-corrected chi connectivity index (χ0v) is 21.4. The first kappa shape index (κ1) is 29.1. The van der Waals surface area contributed by atoms with E-state index >= 15 is 0 Å². The zero-order valence-electron chi connectivity index (χ0n) is 20.5. The van der Waals surface area contributed by atoms with Crippen LogP contribution in [0.3, 0.4) is 0 Å². The van der Waals surface area contributed by atoms with Gasteiger partial charge in [0.05, 0.1) is 6.10 Å². The standard InChI is InChI=1S/C24H35N5O6S/c1-12(2)8-18(24(34)35)28-22(32)19(11-36)29-21(31)17(27-23(33)20(25)13(3)30)9-14-10-26-16-7-5-4-6-15(14)16/h4-7,10,12-13,17-20,26,30,36H,8-9,11,25H2,1-3H3,(H,27,33)(H,28,32)(H,29,31)(H,34,35). The fourth-order valence-electron chi connectivity index (χ4n) is 3.65. The number of aromatic nitrogens is 1. The molecule has 1 aromatic carbocycles. The van der Waals surface area contributed by atoms with E-state index in [4.69, 9.17) is 5.73 Å². The number of carbonyl (C=O) groups is 4. The summed E-state index contributed by atoms with van der Waals surface area (Å²) in [4.78, 5) is 53.2. The topological polar surface area (TPSA) is 187 Å². The summed E-state index contributed by atoms with van der Waals surface area (Å²) in [6.07, 6.45) is 0.856. The van der Waals surface area contributed by atoms with E-state index < -0.39 is 54.0 Å². The van der Waals surface area contributed by atoms with Crippen LogP contribution < -0.4 is 21.7 Å². The molecule has 0 bridgehead atoms. The van der Waals surface area contributed by atoms with Gasteiger partial charge in [-0.2, -0.15) is 12.6 Å². The molecule has 1 aromatic heterocycles. The number of thiol groups is 1. The number of aliphatic hydroxyl groups is 1. The van der Waals surface area contributed by atoms with Gasteiger partial charge in [0.25, 0.3) is 0 Å². The van der Waals surface area contributed by atoms with Crippen molar-refractivity contribution in [1.29, 1.82) is 0 Å². The van der Waals surface area contributed by atoms with Crippen molar-refractivity contribution < 1.29 is 29.4 Å². The van der Waals surface area contributed by atoms with Crippen molar-refractivity contribution in [3.05, 3.63) is 36.0 Å². The maximum atomic E-state index is 13.2. The Balaban J connectivity index is 2.23.